The fraction of sp³-hybridized carbons (Fsp3) is 0.900. The van der Waals surface area contributed by atoms with Gasteiger partial charge in [-0.2, -0.15) is 0 Å². The lowest BCUT2D eigenvalue weighted by Gasteiger charge is -2.35. The SMILES string of the molecule is O=C(CN1CCCC(O)C1)N1CCC1. The van der Waals surface area contributed by atoms with Crippen LogP contribution >= 0.6 is 0 Å². The number of aliphatic hydroxyl groups excluding tert-OH is 1. The molecule has 2 rings (SSSR count). The van der Waals surface area contributed by atoms with E-state index in [1.807, 2.05) is 4.90 Å². The quantitative estimate of drug-likeness (QED) is 0.661. The Bertz CT molecular complexity index is 216. The van der Waals surface area contributed by atoms with Crippen molar-refractivity contribution in [1.82, 2.24) is 9.80 Å². The number of carbonyl (C=O) groups excluding carboxylic acids is 1. The summed E-state index contributed by atoms with van der Waals surface area (Å²) in [5.41, 5.74) is 0. The number of aliphatic hydroxyl groups is 1. The minimum Gasteiger partial charge on any atom is -0.392 e. The highest BCUT2D eigenvalue weighted by molar-refractivity contribution is 5.78. The molecule has 2 fully saturated rings. The smallest absolute Gasteiger partial charge is 0.236 e. The van der Waals surface area contributed by atoms with Gasteiger partial charge in [0.1, 0.15) is 0 Å². The van der Waals surface area contributed by atoms with Crippen LogP contribution in [-0.2, 0) is 4.79 Å². The van der Waals surface area contributed by atoms with Gasteiger partial charge < -0.3 is 10.0 Å². The summed E-state index contributed by atoms with van der Waals surface area (Å²) >= 11 is 0. The van der Waals surface area contributed by atoms with Gasteiger partial charge in [-0.3, -0.25) is 9.69 Å². The van der Waals surface area contributed by atoms with Crippen molar-refractivity contribution in [3.05, 3.63) is 0 Å². The topological polar surface area (TPSA) is 43.8 Å². The molecule has 1 atom stereocenters. The van der Waals surface area contributed by atoms with E-state index in [1.54, 1.807) is 0 Å². The number of amides is 1. The van der Waals surface area contributed by atoms with Gasteiger partial charge in [-0.05, 0) is 25.8 Å². The van der Waals surface area contributed by atoms with Crippen molar-refractivity contribution in [2.75, 3.05) is 32.7 Å². The molecule has 0 aromatic heterocycles. The van der Waals surface area contributed by atoms with Gasteiger partial charge in [0.15, 0.2) is 0 Å². The molecule has 1 N–H and O–H groups in total. The Morgan fingerprint density at radius 1 is 1.29 bits per heavy atom. The number of carbonyl (C=O) groups is 1. The summed E-state index contributed by atoms with van der Waals surface area (Å²) in [6.07, 6.45) is 2.81. The lowest BCUT2D eigenvalue weighted by molar-refractivity contribution is -0.136. The Hall–Kier alpha value is -0.610. The molecular weight excluding hydrogens is 180 g/mol. The maximum Gasteiger partial charge on any atom is 0.236 e. The van der Waals surface area contributed by atoms with E-state index in [4.69, 9.17) is 0 Å². The molecule has 0 saturated carbocycles. The second-order valence-corrected chi connectivity index (χ2v) is 4.27. The molecule has 4 heteroatoms. The third-order valence-corrected chi connectivity index (χ3v) is 3.05. The molecule has 2 aliphatic rings. The fourth-order valence-electron chi connectivity index (χ4n) is 2.03. The van der Waals surface area contributed by atoms with Crippen molar-refractivity contribution < 1.29 is 9.90 Å². The third-order valence-electron chi connectivity index (χ3n) is 3.05. The maximum atomic E-state index is 11.6. The molecule has 4 nitrogen and oxygen atoms in total. The summed E-state index contributed by atoms with van der Waals surface area (Å²) < 4.78 is 0. The normalized spacial score (nSPS) is 28.6. The van der Waals surface area contributed by atoms with Crippen LogP contribution in [0.1, 0.15) is 19.3 Å². The largest absolute Gasteiger partial charge is 0.392 e. The van der Waals surface area contributed by atoms with E-state index in [0.29, 0.717) is 13.1 Å². The standard InChI is InChI=1S/C10H18N2O2/c13-9-3-1-4-11(7-9)8-10(14)12-5-2-6-12/h9,13H,1-8H2. The zero-order valence-corrected chi connectivity index (χ0v) is 8.48. The van der Waals surface area contributed by atoms with Crippen LogP contribution in [0.4, 0.5) is 0 Å². The summed E-state index contributed by atoms with van der Waals surface area (Å²) in [6, 6.07) is 0. The number of β-amino-alcohol motifs (C(OH)–C–C–N with tert-alkyl or cyclic N) is 1. The number of rotatable bonds is 2. The summed E-state index contributed by atoms with van der Waals surface area (Å²) in [4.78, 5) is 15.6. The molecule has 1 amide bonds. The first-order chi connectivity index (χ1) is 6.75. The van der Waals surface area contributed by atoms with Crippen LogP contribution in [0.5, 0.6) is 0 Å². The van der Waals surface area contributed by atoms with Gasteiger partial charge in [-0.15, -0.1) is 0 Å². The Morgan fingerprint density at radius 3 is 2.64 bits per heavy atom. The maximum absolute atomic E-state index is 11.6. The molecule has 2 aliphatic heterocycles. The molecule has 80 valence electrons. The highest BCUT2D eigenvalue weighted by Gasteiger charge is 2.24. The van der Waals surface area contributed by atoms with E-state index in [9.17, 15) is 9.90 Å². The second kappa shape index (κ2) is 4.28. The summed E-state index contributed by atoms with van der Waals surface area (Å²) in [6.45, 7) is 3.97. The summed E-state index contributed by atoms with van der Waals surface area (Å²) in [7, 11) is 0. The van der Waals surface area contributed by atoms with Crippen molar-refractivity contribution in [3.63, 3.8) is 0 Å². The number of hydrogen-bond acceptors (Lipinski definition) is 3. The molecule has 0 bridgehead atoms. The Kier molecular flexibility index (Phi) is 3.03. The van der Waals surface area contributed by atoms with Crippen LogP contribution in [0.25, 0.3) is 0 Å². The number of nitrogens with zero attached hydrogens (tertiary/aromatic N) is 2. The van der Waals surface area contributed by atoms with Gasteiger partial charge in [-0.1, -0.05) is 0 Å². The molecule has 0 radical (unpaired) electrons. The van der Waals surface area contributed by atoms with Crippen molar-refractivity contribution >= 4 is 5.91 Å². The first-order valence-electron chi connectivity index (χ1n) is 5.44. The number of hydrogen-bond donors (Lipinski definition) is 1. The first kappa shape index (κ1) is 9.93. The molecule has 0 spiro atoms. The highest BCUT2D eigenvalue weighted by Crippen LogP contribution is 2.11. The molecule has 0 aromatic rings. The summed E-state index contributed by atoms with van der Waals surface area (Å²) in [5, 5.41) is 9.44. The Balaban J connectivity index is 1.75. The molecule has 2 saturated heterocycles. The average molecular weight is 198 g/mol. The predicted molar refractivity (Wildman–Crippen MR) is 52.9 cm³/mol. The van der Waals surface area contributed by atoms with E-state index in [1.165, 1.54) is 0 Å². The van der Waals surface area contributed by atoms with Gasteiger partial charge in [0.05, 0.1) is 12.6 Å². The zero-order valence-electron chi connectivity index (χ0n) is 8.48. The summed E-state index contributed by atoms with van der Waals surface area (Å²) in [5.74, 6) is 0.227. The number of piperidine rings is 1. The monoisotopic (exact) mass is 198 g/mol. The van der Waals surface area contributed by atoms with E-state index >= 15 is 0 Å². The molecule has 0 aliphatic carbocycles. The Morgan fingerprint density at radius 2 is 2.07 bits per heavy atom. The van der Waals surface area contributed by atoms with Gasteiger partial charge in [0.2, 0.25) is 5.91 Å². The van der Waals surface area contributed by atoms with Crippen molar-refractivity contribution in [2.45, 2.75) is 25.4 Å². The minimum atomic E-state index is -0.229. The van der Waals surface area contributed by atoms with E-state index in [2.05, 4.69) is 4.90 Å². The van der Waals surface area contributed by atoms with Gasteiger partial charge in [0.25, 0.3) is 0 Å². The van der Waals surface area contributed by atoms with Crippen LogP contribution in [0.3, 0.4) is 0 Å². The first-order valence-corrected chi connectivity index (χ1v) is 5.44. The van der Waals surface area contributed by atoms with Gasteiger partial charge in [0, 0.05) is 19.6 Å². The predicted octanol–water partition coefficient (Wildman–Crippen LogP) is -0.325. The van der Waals surface area contributed by atoms with E-state index in [0.717, 1.165) is 38.9 Å². The van der Waals surface area contributed by atoms with Crippen molar-refractivity contribution in [3.8, 4) is 0 Å². The lowest BCUT2D eigenvalue weighted by Crippen LogP contribution is -2.49. The third kappa shape index (κ3) is 2.25. The van der Waals surface area contributed by atoms with E-state index < -0.39 is 0 Å². The van der Waals surface area contributed by atoms with Crippen molar-refractivity contribution in [1.29, 1.82) is 0 Å². The minimum absolute atomic E-state index is 0.227. The van der Waals surface area contributed by atoms with Crippen LogP contribution in [0.2, 0.25) is 0 Å². The van der Waals surface area contributed by atoms with Crippen LogP contribution in [0.15, 0.2) is 0 Å². The Labute approximate surface area is 84.5 Å². The molecular formula is C10H18N2O2. The lowest BCUT2D eigenvalue weighted by atomic mass is 10.1. The number of likely N-dealkylation sites (tertiary alicyclic amines) is 2. The molecule has 2 heterocycles. The molecule has 14 heavy (non-hydrogen) atoms. The molecule has 0 aromatic carbocycles. The van der Waals surface area contributed by atoms with Crippen LogP contribution in [0, 0.1) is 0 Å². The highest BCUT2D eigenvalue weighted by atomic mass is 16.3. The van der Waals surface area contributed by atoms with Crippen LogP contribution in [-0.4, -0.2) is 59.6 Å². The zero-order chi connectivity index (χ0) is 9.97. The van der Waals surface area contributed by atoms with Crippen molar-refractivity contribution in [2.24, 2.45) is 0 Å². The van der Waals surface area contributed by atoms with Gasteiger partial charge >= 0.3 is 0 Å². The van der Waals surface area contributed by atoms with Crippen LogP contribution < -0.4 is 0 Å². The molecule has 1 unspecified atom stereocenters. The van der Waals surface area contributed by atoms with Gasteiger partial charge in [-0.25, -0.2) is 0 Å². The fourth-order valence-corrected chi connectivity index (χ4v) is 2.03. The average Bonchev–Trinajstić information content (AvgIpc) is 1.99. The second-order valence-electron chi connectivity index (χ2n) is 4.27. The van der Waals surface area contributed by atoms with E-state index in [-0.39, 0.29) is 12.0 Å².